The van der Waals surface area contributed by atoms with E-state index in [0.29, 0.717) is 18.5 Å². The quantitative estimate of drug-likeness (QED) is 0.268. The van der Waals surface area contributed by atoms with Gasteiger partial charge in [-0.05, 0) is 36.8 Å². The average molecular weight is 440 g/mol. The molecule has 1 amide bonds. The Bertz CT molecular complexity index is 744. The van der Waals surface area contributed by atoms with Crippen LogP contribution in [0.4, 0.5) is 10.5 Å². The van der Waals surface area contributed by atoms with E-state index in [1.807, 2.05) is 0 Å². The number of nitro benzene ring substituents is 1. The van der Waals surface area contributed by atoms with Crippen molar-refractivity contribution in [3.8, 4) is 0 Å². The van der Waals surface area contributed by atoms with Crippen molar-refractivity contribution in [2.75, 3.05) is 6.54 Å². The molecule has 0 aliphatic carbocycles. The lowest BCUT2D eigenvalue weighted by Crippen LogP contribution is -2.43. The molecule has 0 saturated carbocycles. The van der Waals surface area contributed by atoms with E-state index in [-0.39, 0.29) is 23.4 Å². The fourth-order valence-corrected chi connectivity index (χ4v) is 6.03. The van der Waals surface area contributed by atoms with Crippen LogP contribution >= 0.6 is 12.2 Å². The Morgan fingerprint density at radius 2 is 2.03 bits per heavy atom. The van der Waals surface area contributed by atoms with Crippen molar-refractivity contribution in [1.29, 1.82) is 0 Å². The van der Waals surface area contributed by atoms with Gasteiger partial charge in [-0.3, -0.25) is 15.0 Å². The summed E-state index contributed by atoms with van der Waals surface area (Å²) in [5, 5.41) is 10.7. The second-order valence-corrected chi connectivity index (χ2v) is 12.6. The molecule has 1 aliphatic rings. The van der Waals surface area contributed by atoms with E-state index in [4.69, 9.17) is 27.1 Å². The van der Waals surface area contributed by atoms with E-state index < -0.39 is 25.4 Å². The first-order valence-electron chi connectivity index (χ1n) is 9.77. The standard InChI is InChI=1S/C19H29N3O5SSi/c1-4-5-10-29(2,3)27-16-11-17(18(20)28)21(12-16)19(23)26-13-14-6-8-15(9-7-14)22(24)25/h6-9,16-17H,4-5,10-13H2,1-3H3,(H2,20,28). The number of rotatable bonds is 9. The first kappa shape index (κ1) is 23.2. The maximum absolute atomic E-state index is 12.6. The number of benzene rings is 1. The summed E-state index contributed by atoms with van der Waals surface area (Å²) in [4.78, 5) is 24.7. The Balaban J connectivity index is 1.96. The van der Waals surface area contributed by atoms with Crippen LogP contribution in [0.1, 0.15) is 31.7 Å². The van der Waals surface area contributed by atoms with Gasteiger partial charge in [0, 0.05) is 25.1 Å². The molecule has 1 aliphatic heterocycles. The van der Waals surface area contributed by atoms with Crippen molar-refractivity contribution in [3.05, 3.63) is 39.9 Å². The predicted molar refractivity (Wildman–Crippen MR) is 117 cm³/mol. The number of amides is 1. The molecule has 0 bridgehead atoms. The fraction of sp³-hybridized carbons (Fsp3) is 0.579. The number of nitrogens with two attached hydrogens (primary N) is 1. The minimum atomic E-state index is -1.82. The molecule has 160 valence electrons. The summed E-state index contributed by atoms with van der Waals surface area (Å²) < 4.78 is 11.8. The molecule has 29 heavy (non-hydrogen) atoms. The summed E-state index contributed by atoms with van der Waals surface area (Å²) >= 11 is 5.15. The maximum Gasteiger partial charge on any atom is 0.410 e. The lowest BCUT2D eigenvalue weighted by molar-refractivity contribution is -0.384. The number of carbonyl (C=O) groups is 1. The van der Waals surface area contributed by atoms with Crippen LogP contribution in [-0.2, 0) is 15.8 Å². The zero-order valence-electron chi connectivity index (χ0n) is 17.1. The van der Waals surface area contributed by atoms with Gasteiger partial charge < -0.3 is 14.9 Å². The molecular formula is C19H29N3O5SSi. The Morgan fingerprint density at radius 3 is 2.59 bits per heavy atom. The van der Waals surface area contributed by atoms with Crippen molar-refractivity contribution in [3.63, 3.8) is 0 Å². The van der Waals surface area contributed by atoms with E-state index in [0.717, 1.165) is 18.9 Å². The maximum atomic E-state index is 12.6. The van der Waals surface area contributed by atoms with Gasteiger partial charge >= 0.3 is 6.09 Å². The van der Waals surface area contributed by atoms with Crippen LogP contribution in [0, 0.1) is 10.1 Å². The highest BCUT2D eigenvalue weighted by atomic mass is 32.1. The van der Waals surface area contributed by atoms with Crippen LogP contribution < -0.4 is 5.73 Å². The highest BCUT2D eigenvalue weighted by Crippen LogP contribution is 2.27. The lowest BCUT2D eigenvalue weighted by Gasteiger charge is -2.27. The fourth-order valence-electron chi connectivity index (χ4n) is 3.41. The minimum Gasteiger partial charge on any atom is -0.445 e. The third-order valence-electron chi connectivity index (χ3n) is 4.95. The molecule has 8 nitrogen and oxygen atoms in total. The number of ether oxygens (including phenoxy) is 1. The number of unbranched alkanes of at least 4 members (excludes halogenated alkanes) is 1. The van der Waals surface area contributed by atoms with Gasteiger partial charge in [0.05, 0.1) is 22.1 Å². The number of nitrogens with zero attached hydrogens (tertiary/aromatic N) is 2. The van der Waals surface area contributed by atoms with Crippen LogP contribution in [0.25, 0.3) is 0 Å². The summed E-state index contributed by atoms with van der Waals surface area (Å²) in [6.45, 7) is 6.94. The molecule has 0 radical (unpaired) electrons. The molecule has 2 rings (SSSR count). The zero-order chi connectivity index (χ0) is 21.6. The van der Waals surface area contributed by atoms with E-state index in [2.05, 4.69) is 20.0 Å². The van der Waals surface area contributed by atoms with Crippen molar-refractivity contribution in [1.82, 2.24) is 4.90 Å². The number of hydrogen-bond acceptors (Lipinski definition) is 6. The van der Waals surface area contributed by atoms with Gasteiger partial charge in [-0.15, -0.1) is 0 Å². The zero-order valence-corrected chi connectivity index (χ0v) is 18.9. The summed E-state index contributed by atoms with van der Waals surface area (Å²) in [6, 6.07) is 6.56. The topological polar surface area (TPSA) is 108 Å². The first-order chi connectivity index (χ1) is 13.6. The first-order valence-corrected chi connectivity index (χ1v) is 13.3. The molecule has 2 unspecified atom stereocenters. The van der Waals surface area contributed by atoms with Crippen molar-refractivity contribution in [2.45, 2.75) is 64.1 Å². The Hall–Kier alpha value is -2.04. The van der Waals surface area contributed by atoms with Gasteiger partial charge in [0.15, 0.2) is 8.32 Å². The van der Waals surface area contributed by atoms with E-state index >= 15 is 0 Å². The number of nitro groups is 1. The summed E-state index contributed by atoms with van der Waals surface area (Å²) in [7, 11) is -1.82. The number of hydrogen-bond donors (Lipinski definition) is 1. The monoisotopic (exact) mass is 439 g/mol. The highest BCUT2D eigenvalue weighted by molar-refractivity contribution is 7.80. The summed E-state index contributed by atoms with van der Waals surface area (Å²) in [5.74, 6) is 0. The van der Waals surface area contributed by atoms with Gasteiger partial charge in [-0.25, -0.2) is 4.79 Å². The predicted octanol–water partition coefficient (Wildman–Crippen LogP) is 3.98. The van der Waals surface area contributed by atoms with E-state index in [9.17, 15) is 14.9 Å². The molecule has 2 atom stereocenters. The van der Waals surface area contributed by atoms with Crippen LogP contribution in [-0.4, -0.2) is 47.9 Å². The molecule has 1 fully saturated rings. The molecule has 2 N–H and O–H groups in total. The number of non-ortho nitro benzene ring substituents is 1. The smallest absolute Gasteiger partial charge is 0.410 e. The van der Waals surface area contributed by atoms with Crippen molar-refractivity contribution < 1.29 is 18.9 Å². The van der Waals surface area contributed by atoms with E-state index in [1.165, 1.54) is 17.0 Å². The molecular weight excluding hydrogens is 410 g/mol. The molecule has 1 aromatic carbocycles. The number of likely N-dealkylation sites (tertiary alicyclic amines) is 1. The SMILES string of the molecule is CCCC[Si](C)(C)OC1CC(C(N)=S)N(C(=O)OCc2ccc([N+](=O)[O-])cc2)C1. The molecule has 10 heteroatoms. The van der Waals surface area contributed by atoms with Gasteiger partial charge in [-0.1, -0.05) is 32.0 Å². The molecule has 1 aromatic rings. The van der Waals surface area contributed by atoms with Gasteiger partial charge in [0.1, 0.15) is 6.61 Å². The lowest BCUT2D eigenvalue weighted by atomic mass is 10.2. The molecule has 1 heterocycles. The third kappa shape index (κ3) is 6.76. The van der Waals surface area contributed by atoms with Gasteiger partial charge in [0.2, 0.25) is 0 Å². The Morgan fingerprint density at radius 1 is 1.38 bits per heavy atom. The Labute approximate surface area is 177 Å². The largest absolute Gasteiger partial charge is 0.445 e. The molecule has 0 aromatic heterocycles. The van der Waals surface area contributed by atoms with Crippen molar-refractivity contribution in [2.24, 2.45) is 5.73 Å². The third-order valence-corrected chi connectivity index (χ3v) is 7.75. The number of thiocarbonyl (C=S) groups is 1. The average Bonchev–Trinajstić information content (AvgIpc) is 3.08. The summed E-state index contributed by atoms with van der Waals surface area (Å²) in [5.41, 5.74) is 6.51. The molecule has 0 spiro atoms. The second-order valence-electron chi connectivity index (χ2n) is 7.89. The second kappa shape index (κ2) is 10.1. The Kier molecular flexibility index (Phi) is 8.11. The summed E-state index contributed by atoms with van der Waals surface area (Å²) in [6.07, 6.45) is 2.21. The van der Waals surface area contributed by atoms with E-state index in [1.54, 1.807) is 12.1 Å². The minimum absolute atomic E-state index is 0.0111. The number of carbonyl (C=O) groups excluding carboxylic acids is 1. The van der Waals surface area contributed by atoms with Crippen LogP contribution in [0.15, 0.2) is 24.3 Å². The van der Waals surface area contributed by atoms with Crippen LogP contribution in [0.2, 0.25) is 19.1 Å². The van der Waals surface area contributed by atoms with Crippen LogP contribution in [0.3, 0.4) is 0 Å². The molecule has 1 saturated heterocycles. The van der Waals surface area contributed by atoms with Gasteiger partial charge in [0.25, 0.3) is 5.69 Å². The van der Waals surface area contributed by atoms with Crippen molar-refractivity contribution >= 4 is 37.3 Å². The normalized spacial score (nSPS) is 19.2. The highest BCUT2D eigenvalue weighted by Gasteiger charge is 2.40. The van der Waals surface area contributed by atoms with Gasteiger partial charge in [-0.2, -0.15) is 0 Å². The van der Waals surface area contributed by atoms with Crippen LogP contribution in [0.5, 0.6) is 0 Å².